The van der Waals surface area contributed by atoms with Gasteiger partial charge < -0.3 is 9.84 Å². The molecule has 1 aromatic carbocycles. The Balaban J connectivity index is 2.34. The predicted octanol–water partition coefficient (Wildman–Crippen LogP) is 1.39. The van der Waals surface area contributed by atoms with Crippen molar-refractivity contribution in [2.45, 2.75) is 24.4 Å². The Morgan fingerprint density at radius 2 is 2.00 bits per heavy atom. The van der Waals surface area contributed by atoms with Crippen LogP contribution in [0.25, 0.3) is 0 Å². The normalized spacial score (nSPS) is 28.3. The van der Waals surface area contributed by atoms with Crippen LogP contribution in [-0.4, -0.2) is 24.3 Å². The number of hydrogen-bond donors (Lipinski definition) is 1. The van der Waals surface area contributed by atoms with Crippen molar-refractivity contribution in [1.29, 1.82) is 0 Å². The van der Waals surface area contributed by atoms with E-state index in [9.17, 15) is 14.3 Å². The first kappa shape index (κ1) is 11.1. The van der Waals surface area contributed by atoms with Crippen molar-refractivity contribution in [2.24, 2.45) is 0 Å². The average Bonchev–Trinajstić information content (AvgIpc) is 2.25. The van der Waals surface area contributed by atoms with E-state index < -0.39 is 11.5 Å². The lowest BCUT2D eigenvalue weighted by molar-refractivity contribution is -0.156. The number of aliphatic hydroxyl groups is 1. The van der Waals surface area contributed by atoms with Gasteiger partial charge in [0, 0.05) is 0 Å². The molecule has 1 N–H and O–H groups in total. The highest BCUT2D eigenvalue weighted by Crippen LogP contribution is 2.44. The lowest BCUT2D eigenvalue weighted by Crippen LogP contribution is -2.51. The number of esters is 1. The molecule has 0 aromatic heterocycles. The van der Waals surface area contributed by atoms with Crippen LogP contribution in [-0.2, 0) is 14.9 Å². The maximum absolute atomic E-state index is 12.8. The molecule has 0 heterocycles. The fourth-order valence-corrected chi connectivity index (χ4v) is 2.23. The van der Waals surface area contributed by atoms with Crippen molar-refractivity contribution in [2.75, 3.05) is 7.11 Å². The molecule has 0 aliphatic heterocycles. The Bertz CT molecular complexity index is 393. The number of carbonyl (C=O) groups is 1. The van der Waals surface area contributed by atoms with Crippen LogP contribution in [0, 0.1) is 5.82 Å². The van der Waals surface area contributed by atoms with Gasteiger partial charge in [0.05, 0.1) is 18.6 Å². The van der Waals surface area contributed by atoms with Gasteiger partial charge >= 0.3 is 5.97 Å². The SMILES string of the molecule is COC(=O)[C@]1(c2ccc(F)cc2)C[C@H](O)C1. The summed E-state index contributed by atoms with van der Waals surface area (Å²) in [6.07, 6.45) is 0.195. The molecule has 1 aromatic rings. The average molecular weight is 224 g/mol. The zero-order chi connectivity index (χ0) is 11.8. The van der Waals surface area contributed by atoms with Gasteiger partial charge in [0.2, 0.25) is 0 Å². The van der Waals surface area contributed by atoms with E-state index in [0.29, 0.717) is 18.4 Å². The highest BCUT2D eigenvalue weighted by molar-refractivity contribution is 5.84. The van der Waals surface area contributed by atoms with Crippen molar-refractivity contribution in [1.82, 2.24) is 0 Å². The van der Waals surface area contributed by atoms with Crippen LogP contribution in [0.5, 0.6) is 0 Å². The van der Waals surface area contributed by atoms with E-state index in [2.05, 4.69) is 0 Å². The highest BCUT2D eigenvalue weighted by Gasteiger charge is 2.51. The zero-order valence-corrected chi connectivity index (χ0v) is 8.94. The first-order valence-corrected chi connectivity index (χ1v) is 5.11. The fraction of sp³-hybridized carbons (Fsp3) is 0.417. The lowest BCUT2D eigenvalue weighted by atomic mass is 9.62. The minimum Gasteiger partial charge on any atom is -0.468 e. The maximum atomic E-state index is 12.8. The Labute approximate surface area is 92.9 Å². The van der Waals surface area contributed by atoms with E-state index >= 15 is 0 Å². The minimum absolute atomic E-state index is 0.339. The van der Waals surface area contributed by atoms with Crippen molar-refractivity contribution in [3.8, 4) is 0 Å². The van der Waals surface area contributed by atoms with E-state index in [4.69, 9.17) is 4.74 Å². The smallest absolute Gasteiger partial charge is 0.316 e. The predicted molar refractivity (Wildman–Crippen MR) is 55.3 cm³/mol. The summed E-state index contributed by atoms with van der Waals surface area (Å²) in [7, 11) is 1.32. The summed E-state index contributed by atoms with van der Waals surface area (Å²) in [5, 5.41) is 9.36. The summed E-state index contributed by atoms with van der Waals surface area (Å²) in [5.41, 5.74) is -0.0898. The summed E-state index contributed by atoms with van der Waals surface area (Å²) >= 11 is 0. The highest BCUT2D eigenvalue weighted by atomic mass is 19.1. The van der Waals surface area contributed by atoms with Crippen LogP contribution in [0.3, 0.4) is 0 Å². The molecule has 86 valence electrons. The summed E-state index contributed by atoms with van der Waals surface area (Å²) in [5.74, 6) is -0.715. The molecular weight excluding hydrogens is 211 g/mol. The monoisotopic (exact) mass is 224 g/mol. The van der Waals surface area contributed by atoms with Gasteiger partial charge in [-0.15, -0.1) is 0 Å². The number of carbonyl (C=O) groups excluding carboxylic acids is 1. The fourth-order valence-electron chi connectivity index (χ4n) is 2.23. The van der Waals surface area contributed by atoms with Crippen molar-refractivity contribution in [3.05, 3.63) is 35.6 Å². The van der Waals surface area contributed by atoms with Crippen LogP contribution in [0.1, 0.15) is 18.4 Å². The summed E-state index contributed by atoms with van der Waals surface area (Å²) in [6, 6.07) is 5.76. The second-order valence-corrected chi connectivity index (χ2v) is 4.14. The molecule has 0 spiro atoms. The van der Waals surface area contributed by atoms with Crippen LogP contribution in [0.15, 0.2) is 24.3 Å². The second-order valence-electron chi connectivity index (χ2n) is 4.14. The van der Waals surface area contributed by atoms with Crippen LogP contribution in [0.2, 0.25) is 0 Å². The quantitative estimate of drug-likeness (QED) is 0.772. The van der Waals surface area contributed by atoms with Crippen molar-refractivity contribution < 1.29 is 19.0 Å². The maximum Gasteiger partial charge on any atom is 0.316 e. The van der Waals surface area contributed by atoms with Crippen LogP contribution >= 0.6 is 0 Å². The molecule has 0 bridgehead atoms. The number of methoxy groups -OCH3 is 1. The Morgan fingerprint density at radius 3 is 2.44 bits per heavy atom. The molecule has 1 aliphatic rings. The number of aliphatic hydroxyl groups excluding tert-OH is 1. The van der Waals surface area contributed by atoms with Gasteiger partial charge in [0.25, 0.3) is 0 Å². The summed E-state index contributed by atoms with van der Waals surface area (Å²) in [6.45, 7) is 0. The molecule has 1 aliphatic carbocycles. The third-order valence-corrected chi connectivity index (χ3v) is 3.14. The summed E-state index contributed by atoms with van der Waals surface area (Å²) in [4.78, 5) is 11.7. The Morgan fingerprint density at radius 1 is 1.44 bits per heavy atom. The minimum atomic E-state index is -0.790. The molecule has 1 fully saturated rings. The zero-order valence-electron chi connectivity index (χ0n) is 8.94. The van der Waals surface area contributed by atoms with E-state index in [1.807, 2.05) is 0 Å². The number of benzene rings is 1. The van der Waals surface area contributed by atoms with Gasteiger partial charge in [0.15, 0.2) is 0 Å². The molecule has 4 heteroatoms. The van der Waals surface area contributed by atoms with Crippen LogP contribution in [0.4, 0.5) is 4.39 Å². The largest absolute Gasteiger partial charge is 0.468 e. The van der Waals surface area contributed by atoms with Gasteiger partial charge in [-0.25, -0.2) is 4.39 Å². The molecular formula is C12H13FO3. The number of hydrogen-bond acceptors (Lipinski definition) is 3. The van der Waals surface area contributed by atoms with Crippen molar-refractivity contribution in [3.63, 3.8) is 0 Å². The number of ether oxygens (including phenoxy) is 1. The van der Waals surface area contributed by atoms with Gasteiger partial charge in [0.1, 0.15) is 5.82 Å². The van der Waals surface area contributed by atoms with Gasteiger partial charge in [-0.05, 0) is 30.5 Å². The lowest BCUT2D eigenvalue weighted by Gasteiger charge is -2.43. The van der Waals surface area contributed by atoms with E-state index in [1.165, 1.54) is 19.2 Å². The summed E-state index contributed by atoms with van der Waals surface area (Å²) < 4.78 is 17.5. The molecule has 0 saturated heterocycles. The van der Waals surface area contributed by atoms with Gasteiger partial charge in [-0.1, -0.05) is 12.1 Å². The third-order valence-electron chi connectivity index (χ3n) is 3.14. The molecule has 0 radical (unpaired) electrons. The molecule has 16 heavy (non-hydrogen) atoms. The topological polar surface area (TPSA) is 46.5 Å². The Hall–Kier alpha value is -1.42. The number of rotatable bonds is 2. The molecule has 2 rings (SSSR count). The van der Waals surface area contributed by atoms with Crippen LogP contribution < -0.4 is 0 Å². The van der Waals surface area contributed by atoms with Gasteiger partial charge in [-0.2, -0.15) is 0 Å². The molecule has 0 amide bonds. The van der Waals surface area contributed by atoms with Crippen molar-refractivity contribution >= 4 is 5.97 Å². The van der Waals surface area contributed by atoms with Gasteiger partial charge in [-0.3, -0.25) is 4.79 Å². The van der Waals surface area contributed by atoms with E-state index in [1.54, 1.807) is 12.1 Å². The molecule has 0 unspecified atom stereocenters. The molecule has 3 nitrogen and oxygen atoms in total. The third kappa shape index (κ3) is 1.59. The second kappa shape index (κ2) is 3.87. The van der Waals surface area contributed by atoms with E-state index in [0.717, 1.165) is 0 Å². The Kier molecular flexibility index (Phi) is 2.68. The molecule has 1 saturated carbocycles. The molecule has 0 atom stereocenters. The first-order valence-electron chi connectivity index (χ1n) is 5.11. The number of halogens is 1. The van der Waals surface area contributed by atoms with E-state index in [-0.39, 0.29) is 11.8 Å². The first-order chi connectivity index (χ1) is 7.58. The standard InChI is InChI=1S/C12H13FO3/c1-16-11(15)12(6-10(14)7-12)8-2-4-9(13)5-3-8/h2-5,10,14H,6-7H2,1H3/t10-,12+.